The SMILES string of the molecule is COC(=O)C(C)NP(=O)(OCC1CC1=Cn1cnc2c(OC)nc(N)nc21)Oc1ccccc1. The Kier molecular flexibility index (Phi) is 6.82. The van der Waals surface area contributed by atoms with E-state index in [0.29, 0.717) is 22.8 Å². The van der Waals surface area contributed by atoms with E-state index in [9.17, 15) is 9.36 Å². The monoisotopic (exact) mass is 488 g/mol. The largest absolute Gasteiger partial charge is 0.479 e. The van der Waals surface area contributed by atoms with Gasteiger partial charge in [0.15, 0.2) is 11.2 Å². The highest BCUT2D eigenvalue weighted by Crippen LogP contribution is 2.48. The van der Waals surface area contributed by atoms with Gasteiger partial charge in [-0.25, -0.2) is 9.55 Å². The maximum Gasteiger partial charge on any atom is 0.459 e. The van der Waals surface area contributed by atoms with Gasteiger partial charge in [0, 0.05) is 12.1 Å². The fourth-order valence-corrected chi connectivity index (χ4v) is 4.77. The van der Waals surface area contributed by atoms with Crippen molar-refractivity contribution in [2.24, 2.45) is 5.92 Å². The van der Waals surface area contributed by atoms with Crippen LogP contribution in [0.3, 0.4) is 0 Å². The molecule has 1 fully saturated rings. The van der Waals surface area contributed by atoms with E-state index in [0.717, 1.165) is 12.0 Å². The van der Waals surface area contributed by atoms with E-state index in [1.165, 1.54) is 21.1 Å². The van der Waals surface area contributed by atoms with Crippen molar-refractivity contribution < 1.29 is 27.9 Å². The molecule has 13 heteroatoms. The Balaban J connectivity index is 1.47. The average Bonchev–Trinajstić information content (AvgIpc) is 3.46. The number of para-hydroxylation sites is 1. The van der Waals surface area contributed by atoms with Crippen LogP contribution in [0.15, 0.2) is 42.2 Å². The first-order valence-electron chi connectivity index (χ1n) is 10.4. The summed E-state index contributed by atoms with van der Waals surface area (Å²) < 4.78 is 36.4. The molecule has 3 atom stereocenters. The Morgan fingerprint density at radius 2 is 2.09 bits per heavy atom. The van der Waals surface area contributed by atoms with Gasteiger partial charge in [-0.3, -0.25) is 13.9 Å². The fraction of sp³-hybridized carbons (Fsp3) is 0.333. The van der Waals surface area contributed by atoms with Gasteiger partial charge in [-0.2, -0.15) is 15.1 Å². The Hall–Kier alpha value is -3.47. The van der Waals surface area contributed by atoms with Crippen LogP contribution in [0.2, 0.25) is 0 Å². The smallest absolute Gasteiger partial charge is 0.459 e. The lowest BCUT2D eigenvalue weighted by Crippen LogP contribution is -2.34. The lowest BCUT2D eigenvalue weighted by molar-refractivity contribution is -0.142. The zero-order valence-corrected chi connectivity index (χ0v) is 19.8. The minimum absolute atomic E-state index is 0.00135. The van der Waals surface area contributed by atoms with Crippen LogP contribution >= 0.6 is 7.75 Å². The summed E-state index contributed by atoms with van der Waals surface area (Å²) in [5, 5.41) is 2.64. The van der Waals surface area contributed by atoms with Gasteiger partial charge in [-0.15, -0.1) is 0 Å². The number of hydrogen-bond acceptors (Lipinski definition) is 10. The summed E-state index contributed by atoms with van der Waals surface area (Å²) >= 11 is 0. The van der Waals surface area contributed by atoms with E-state index in [4.69, 9.17) is 24.3 Å². The van der Waals surface area contributed by atoms with Gasteiger partial charge in [-0.05, 0) is 31.1 Å². The third-order valence-corrected chi connectivity index (χ3v) is 6.72. The number of carbonyl (C=O) groups is 1. The van der Waals surface area contributed by atoms with E-state index >= 15 is 0 Å². The first-order valence-corrected chi connectivity index (χ1v) is 12.0. The van der Waals surface area contributed by atoms with Crippen LogP contribution in [0.1, 0.15) is 13.3 Å². The van der Waals surface area contributed by atoms with Gasteiger partial charge in [0.25, 0.3) is 0 Å². The normalized spacial score (nSPS) is 18.9. The van der Waals surface area contributed by atoms with Crippen LogP contribution in [-0.2, 0) is 18.6 Å². The molecule has 12 nitrogen and oxygen atoms in total. The summed E-state index contributed by atoms with van der Waals surface area (Å²) in [6.07, 6.45) is 4.17. The number of nitrogens with zero attached hydrogens (tertiary/aromatic N) is 4. The molecule has 0 spiro atoms. The van der Waals surface area contributed by atoms with Gasteiger partial charge >= 0.3 is 13.7 Å². The van der Waals surface area contributed by atoms with Gasteiger partial charge in [0.1, 0.15) is 18.1 Å². The molecule has 0 amide bonds. The highest BCUT2D eigenvalue weighted by Gasteiger charge is 2.37. The molecule has 2 heterocycles. The molecular weight excluding hydrogens is 463 g/mol. The minimum Gasteiger partial charge on any atom is -0.479 e. The number of nitrogen functional groups attached to an aromatic ring is 1. The molecule has 34 heavy (non-hydrogen) atoms. The number of nitrogens with one attached hydrogen (secondary N) is 1. The van der Waals surface area contributed by atoms with Crippen molar-refractivity contribution in [3.8, 4) is 11.6 Å². The van der Waals surface area contributed by atoms with Crippen molar-refractivity contribution in [3.05, 3.63) is 42.2 Å². The number of anilines is 1. The predicted molar refractivity (Wildman–Crippen MR) is 124 cm³/mol. The molecule has 0 aliphatic heterocycles. The molecule has 3 N–H and O–H groups in total. The first kappa shape index (κ1) is 23.7. The number of aromatic nitrogens is 4. The molecular formula is C21H25N6O6P. The van der Waals surface area contributed by atoms with E-state index in [1.807, 2.05) is 6.20 Å². The molecule has 1 aliphatic carbocycles. The number of benzene rings is 1. The van der Waals surface area contributed by atoms with Crippen LogP contribution in [0.4, 0.5) is 5.95 Å². The van der Waals surface area contributed by atoms with E-state index in [2.05, 4.69) is 20.0 Å². The summed E-state index contributed by atoms with van der Waals surface area (Å²) in [6.45, 7) is 1.63. The Morgan fingerprint density at radius 3 is 2.79 bits per heavy atom. The second kappa shape index (κ2) is 9.80. The number of rotatable bonds is 10. The van der Waals surface area contributed by atoms with Gasteiger partial charge < -0.3 is 19.7 Å². The van der Waals surface area contributed by atoms with Crippen LogP contribution < -0.4 is 20.1 Å². The molecule has 0 saturated heterocycles. The number of ether oxygens (including phenoxy) is 2. The third kappa shape index (κ3) is 5.36. The Morgan fingerprint density at radius 1 is 1.32 bits per heavy atom. The molecule has 1 aliphatic rings. The quantitative estimate of drug-likeness (QED) is 0.320. The maximum absolute atomic E-state index is 13.4. The van der Waals surface area contributed by atoms with Crippen molar-refractivity contribution in [2.75, 3.05) is 26.6 Å². The van der Waals surface area contributed by atoms with Crippen LogP contribution in [-0.4, -0.2) is 52.4 Å². The summed E-state index contributed by atoms with van der Waals surface area (Å²) in [4.78, 5) is 24.4. The summed E-state index contributed by atoms with van der Waals surface area (Å²) in [5.41, 5.74) is 7.79. The molecule has 180 valence electrons. The fourth-order valence-electron chi connectivity index (χ4n) is 3.24. The Labute approximate surface area is 195 Å². The van der Waals surface area contributed by atoms with Gasteiger partial charge in [-0.1, -0.05) is 18.2 Å². The lowest BCUT2D eigenvalue weighted by atomic mass is 10.3. The van der Waals surface area contributed by atoms with Crippen molar-refractivity contribution in [3.63, 3.8) is 0 Å². The van der Waals surface area contributed by atoms with E-state index in [1.54, 1.807) is 41.2 Å². The summed E-state index contributed by atoms with van der Waals surface area (Å²) in [7, 11) is -1.15. The van der Waals surface area contributed by atoms with Gasteiger partial charge in [0.05, 0.1) is 20.8 Å². The molecule has 1 saturated carbocycles. The number of hydrogen-bond donors (Lipinski definition) is 2. The number of carbonyl (C=O) groups excluding carboxylic acids is 1. The standard InChI is InChI=1S/C21H25N6O6P/c1-13(20(28)31-3)26-34(29,33-16-7-5-4-6-8-16)32-11-15-9-14(15)10-27-12-23-17-18(27)24-21(22)25-19(17)30-2/h4-8,10,12-13,15H,9,11H2,1-3H3,(H,26,29)(H2,22,24,25). The Bertz CT molecular complexity index is 1260. The molecule has 3 unspecified atom stereocenters. The molecule has 0 radical (unpaired) electrons. The first-order chi connectivity index (χ1) is 16.3. The van der Waals surface area contributed by atoms with Crippen molar-refractivity contribution in [1.82, 2.24) is 24.6 Å². The molecule has 1 aromatic carbocycles. The number of methoxy groups -OCH3 is 2. The van der Waals surface area contributed by atoms with Gasteiger partial charge in [0.2, 0.25) is 11.8 Å². The van der Waals surface area contributed by atoms with E-state index in [-0.39, 0.29) is 18.5 Å². The highest BCUT2D eigenvalue weighted by molar-refractivity contribution is 7.52. The number of esters is 1. The number of nitrogens with two attached hydrogens (primary N) is 1. The topological polar surface area (TPSA) is 153 Å². The zero-order valence-electron chi connectivity index (χ0n) is 18.9. The van der Waals surface area contributed by atoms with E-state index < -0.39 is 19.8 Å². The zero-order chi connectivity index (χ0) is 24.3. The lowest BCUT2D eigenvalue weighted by Gasteiger charge is -2.22. The van der Waals surface area contributed by atoms with Crippen molar-refractivity contribution in [1.29, 1.82) is 0 Å². The molecule has 2 aromatic heterocycles. The average molecular weight is 488 g/mol. The molecule has 3 aromatic rings. The second-order valence-corrected chi connectivity index (χ2v) is 9.29. The highest BCUT2D eigenvalue weighted by atomic mass is 31.2. The van der Waals surface area contributed by atoms with Crippen LogP contribution in [0.5, 0.6) is 11.6 Å². The third-order valence-electron chi connectivity index (χ3n) is 5.07. The minimum atomic E-state index is -3.88. The van der Waals surface area contributed by atoms with Crippen molar-refractivity contribution in [2.45, 2.75) is 19.4 Å². The van der Waals surface area contributed by atoms with Crippen molar-refractivity contribution >= 4 is 37.0 Å². The second-order valence-electron chi connectivity index (χ2n) is 7.59. The molecule has 4 rings (SSSR count). The number of imidazole rings is 1. The van der Waals surface area contributed by atoms with Crippen LogP contribution in [0, 0.1) is 5.92 Å². The maximum atomic E-state index is 13.4. The number of fused-ring (bicyclic) bond motifs is 1. The predicted octanol–water partition coefficient (Wildman–Crippen LogP) is 2.63. The van der Waals surface area contributed by atoms with Crippen LogP contribution in [0.25, 0.3) is 17.4 Å². The molecule has 0 bridgehead atoms. The summed E-state index contributed by atoms with van der Waals surface area (Å²) in [6, 6.07) is 7.69. The summed E-state index contributed by atoms with van der Waals surface area (Å²) in [5.74, 6) is 0.126.